The molecule has 0 N–H and O–H groups in total. The summed E-state index contributed by atoms with van der Waals surface area (Å²) in [4.78, 5) is 4.77. The molecule has 0 unspecified atom stereocenters. The maximum absolute atomic E-state index is 4.14. The van der Waals surface area contributed by atoms with Crippen molar-refractivity contribution in [2.45, 2.75) is 0 Å². The molecular formula is C8H14N2S2. The van der Waals surface area contributed by atoms with Gasteiger partial charge in [0.25, 0.3) is 0 Å². The van der Waals surface area contributed by atoms with E-state index in [1.807, 2.05) is 23.5 Å². The zero-order valence-electron chi connectivity index (χ0n) is 7.16. The molecule has 0 radical (unpaired) electrons. The van der Waals surface area contributed by atoms with Gasteiger partial charge in [0.1, 0.15) is 0 Å². The van der Waals surface area contributed by atoms with Gasteiger partial charge in [-0.05, 0) is 0 Å². The summed E-state index contributed by atoms with van der Waals surface area (Å²) in [5.41, 5.74) is 0. The molecule has 12 heavy (non-hydrogen) atoms. The van der Waals surface area contributed by atoms with Crippen LogP contribution in [0.25, 0.3) is 0 Å². The number of nitrogens with zero attached hydrogens (tertiary/aromatic N) is 2. The Morgan fingerprint density at radius 2 is 1.50 bits per heavy atom. The van der Waals surface area contributed by atoms with Gasteiger partial charge in [-0.2, -0.15) is 0 Å². The zero-order valence-corrected chi connectivity index (χ0v) is 8.79. The number of hydrogen-bond donors (Lipinski definition) is 0. The molecule has 2 heterocycles. The first-order valence-electron chi connectivity index (χ1n) is 4.22. The highest BCUT2D eigenvalue weighted by atomic mass is 32.2. The quantitative estimate of drug-likeness (QED) is 0.668. The third-order valence-corrected chi connectivity index (χ3v) is 4.17. The monoisotopic (exact) mass is 202 g/mol. The van der Waals surface area contributed by atoms with Crippen LogP contribution in [0.15, 0.2) is 12.4 Å². The summed E-state index contributed by atoms with van der Waals surface area (Å²) in [6.45, 7) is 6.51. The van der Waals surface area contributed by atoms with E-state index in [4.69, 9.17) is 0 Å². The number of thioether (sulfide) groups is 2. The number of hydrogen-bond acceptors (Lipinski definition) is 4. The molecule has 2 aliphatic rings. The predicted octanol–water partition coefficient (Wildman–Crippen LogP) is 1.47. The molecule has 0 atom stereocenters. The Morgan fingerprint density at radius 1 is 1.00 bits per heavy atom. The molecule has 2 rings (SSSR count). The van der Waals surface area contributed by atoms with E-state index in [2.05, 4.69) is 16.4 Å². The molecule has 2 saturated heterocycles. The van der Waals surface area contributed by atoms with Crippen molar-refractivity contribution in [3.05, 3.63) is 12.4 Å². The third-order valence-electron chi connectivity index (χ3n) is 2.24. The van der Waals surface area contributed by atoms with Crippen molar-refractivity contribution in [2.75, 3.05) is 36.3 Å². The standard InChI is InChI=1S/C8H14N2S2/c1-8(9-2-4-11-6-9)10-3-5-12-7-10/h1-7H2. The van der Waals surface area contributed by atoms with Gasteiger partial charge < -0.3 is 9.80 Å². The van der Waals surface area contributed by atoms with Crippen LogP contribution in [0.3, 0.4) is 0 Å². The summed E-state index contributed by atoms with van der Waals surface area (Å²) in [6.07, 6.45) is 0. The van der Waals surface area contributed by atoms with Crippen LogP contribution in [0.5, 0.6) is 0 Å². The first-order valence-corrected chi connectivity index (χ1v) is 6.53. The highest BCUT2D eigenvalue weighted by Gasteiger charge is 2.20. The molecule has 0 saturated carbocycles. The van der Waals surface area contributed by atoms with Crippen LogP contribution in [0, 0.1) is 0 Å². The molecule has 0 spiro atoms. The molecule has 0 bridgehead atoms. The summed E-state index contributed by atoms with van der Waals surface area (Å²) >= 11 is 4.00. The summed E-state index contributed by atoms with van der Waals surface area (Å²) in [6, 6.07) is 0. The van der Waals surface area contributed by atoms with Crippen LogP contribution in [0.2, 0.25) is 0 Å². The van der Waals surface area contributed by atoms with Gasteiger partial charge in [0.2, 0.25) is 0 Å². The maximum Gasteiger partial charge on any atom is 0.0979 e. The Bertz CT molecular complexity index is 154. The fraction of sp³-hybridized carbons (Fsp3) is 0.750. The van der Waals surface area contributed by atoms with E-state index in [1.54, 1.807) is 0 Å². The summed E-state index contributed by atoms with van der Waals surface area (Å²) in [5.74, 6) is 6.05. The molecule has 2 fully saturated rings. The minimum atomic E-state index is 1.14. The molecule has 0 aromatic carbocycles. The Hall–Kier alpha value is 0.0400. The van der Waals surface area contributed by atoms with Gasteiger partial charge in [-0.15, -0.1) is 23.5 Å². The maximum atomic E-state index is 4.14. The van der Waals surface area contributed by atoms with Crippen molar-refractivity contribution in [1.82, 2.24) is 9.80 Å². The lowest BCUT2D eigenvalue weighted by Gasteiger charge is -2.27. The molecule has 4 heteroatoms. The fourth-order valence-electron chi connectivity index (χ4n) is 1.44. The smallest absolute Gasteiger partial charge is 0.0979 e. The second kappa shape index (κ2) is 3.83. The van der Waals surface area contributed by atoms with E-state index in [9.17, 15) is 0 Å². The van der Waals surface area contributed by atoms with Crippen LogP contribution in [-0.4, -0.2) is 46.1 Å². The van der Waals surface area contributed by atoms with Crippen LogP contribution in [0.1, 0.15) is 0 Å². The van der Waals surface area contributed by atoms with E-state index in [-0.39, 0.29) is 0 Å². The molecular weight excluding hydrogens is 188 g/mol. The first kappa shape index (κ1) is 8.63. The number of rotatable bonds is 2. The largest absolute Gasteiger partial charge is 0.349 e. The van der Waals surface area contributed by atoms with E-state index in [1.165, 1.54) is 30.4 Å². The summed E-state index contributed by atoms with van der Waals surface area (Å²) < 4.78 is 0. The molecule has 0 amide bonds. The van der Waals surface area contributed by atoms with Gasteiger partial charge in [-0.1, -0.05) is 6.58 Å². The Morgan fingerprint density at radius 3 is 1.83 bits per heavy atom. The molecule has 0 aromatic rings. The molecule has 2 aliphatic heterocycles. The van der Waals surface area contributed by atoms with Crippen molar-refractivity contribution in [3.63, 3.8) is 0 Å². The Balaban J connectivity index is 1.89. The van der Waals surface area contributed by atoms with Gasteiger partial charge in [0.15, 0.2) is 0 Å². The normalized spacial score (nSPS) is 23.7. The summed E-state index contributed by atoms with van der Waals surface area (Å²) in [7, 11) is 0. The topological polar surface area (TPSA) is 6.48 Å². The average molecular weight is 202 g/mol. The van der Waals surface area contributed by atoms with Crippen molar-refractivity contribution < 1.29 is 0 Å². The lowest BCUT2D eigenvalue weighted by Crippen LogP contribution is -2.31. The second-order valence-electron chi connectivity index (χ2n) is 3.02. The highest BCUT2D eigenvalue weighted by Crippen LogP contribution is 2.24. The van der Waals surface area contributed by atoms with E-state index >= 15 is 0 Å². The third kappa shape index (κ3) is 1.69. The van der Waals surface area contributed by atoms with Crippen molar-refractivity contribution in [3.8, 4) is 0 Å². The minimum Gasteiger partial charge on any atom is -0.349 e. The van der Waals surface area contributed by atoms with E-state index in [0.717, 1.165) is 11.8 Å². The molecule has 68 valence electrons. The van der Waals surface area contributed by atoms with E-state index in [0.29, 0.717) is 0 Å². The van der Waals surface area contributed by atoms with Gasteiger partial charge >= 0.3 is 0 Å². The summed E-state index contributed by atoms with van der Waals surface area (Å²) in [5, 5.41) is 0. The second-order valence-corrected chi connectivity index (χ2v) is 5.17. The molecule has 0 aromatic heterocycles. The first-order chi connectivity index (χ1) is 5.88. The van der Waals surface area contributed by atoms with Crippen molar-refractivity contribution >= 4 is 23.5 Å². The molecule has 2 nitrogen and oxygen atoms in total. The SMILES string of the molecule is C=C(N1CCSC1)N1CCSC1. The van der Waals surface area contributed by atoms with Crippen LogP contribution < -0.4 is 0 Å². The Kier molecular flexibility index (Phi) is 2.76. The van der Waals surface area contributed by atoms with Crippen LogP contribution >= 0.6 is 23.5 Å². The van der Waals surface area contributed by atoms with E-state index < -0.39 is 0 Å². The van der Waals surface area contributed by atoms with Crippen LogP contribution in [0.4, 0.5) is 0 Å². The Labute approximate surface area is 82.4 Å². The minimum absolute atomic E-state index is 1.14. The van der Waals surface area contributed by atoms with Gasteiger partial charge in [0.05, 0.1) is 17.6 Å². The van der Waals surface area contributed by atoms with Gasteiger partial charge in [0, 0.05) is 24.6 Å². The highest BCUT2D eigenvalue weighted by molar-refractivity contribution is 7.99. The molecule has 0 aliphatic carbocycles. The van der Waals surface area contributed by atoms with Crippen molar-refractivity contribution in [2.24, 2.45) is 0 Å². The lowest BCUT2D eigenvalue weighted by atomic mass is 10.5. The van der Waals surface area contributed by atoms with Gasteiger partial charge in [-0.25, -0.2) is 0 Å². The lowest BCUT2D eigenvalue weighted by molar-refractivity contribution is 0.290. The average Bonchev–Trinajstić information content (AvgIpc) is 2.77. The van der Waals surface area contributed by atoms with Gasteiger partial charge in [-0.3, -0.25) is 0 Å². The predicted molar refractivity (Wildman–Crippen MR) is 57.2 cm³/mol. The zero-order chi connectivity index (χ0) is 8.39. The van der Waals surface area contributed by atoms with Crippen LogP contribution in [-0.2, 0) is 0 Å². The van der Waals surface area contributed by atoms with Crippen molar-refractivity contribution in [1.29, 1.82) is 0 Å². The fourth-order valence-corrected chi connectivity index (χ4v) is 3.39.